The van der Waals surface area contributed by atoms with Gasteiger partial charge in [-0.15, -0.1) is 0 Å². The lowest BCUT2D eigenvalue weighted by atomic mass is 10.0. The molecule has 1 aliphatic rings. The number of anilines is 2. The highest BCUT2D eigenvalue weighted by atomic mass is 32.2. The van der Waals surface area contributed by atoms with E-state index < -0.39 is 39.8 Å². The van der Waals surface area contributed by atoms with Crippen molar-refractivity contribution >= 4 is 32.6 Å². The first-order chi connectivity index (χ1) is 21.7. The fraction of sp³-hybridized carbons (Fsp3) is 0.310. The zero-order chi connectivity index (χ0) is 33.0. The van der Waals surface area contributed by atoms with Gasteiger partial charge in [-0.25, -0.2) is 27.8 Å². The van der Waals surface area contributed by atoms with Crippen LogP contribution in [0.5, 0.6) is 11.5 Å². The van der Waals surface area contributed by atoms with Crippen LogP contribution in [0.1, 0.15) is 35.4 Å². The molecule has 3 heterocycles. The van der Waals surface area contributed by atoms with Crippen LogP contribution in [0.2, 0.25) is 0 Å². The largest absolute Gasteiger partial charge is 0.508 e. The van der Waals surface area contributed by atoms with Crippen LogP contribution in [0.3, 0.4) is 0 Å². The maximum Gasteiger partial charge on any atom is 0.393 e. The molecule has 5 N–H and O–H groups in total. The molecule has 1 aliphatic carbocycles. The average molecular weight is 661 g/mol. The molecule has 5 aromatic rings. The van der Waals surface area contributed by atoms with Crippen molar-refractivity contribution in [3.63, 3.8) is 0 Å². The van der Waals surface area contributed by atoms with Crippen molar-refractivity contribution in [1.82, 2.24) is 30.1 Å². The number of fused-ring (bicyclic) bond motifs is 2. The number of alkyl halides is 3. The smallest absolute Gasteiger partial charge is 0.393 e. The molecular formula is C29H28F4N8O4S. The Morgan fingerprint density at radius 1 is 1.04 bits per heavy atom. The highest BCUT2D eigenvalue weighted by Crippen LogP contribution is 2.37. The molecule has 12 nitrogen and oxygen atoms in total. The number of benzene rings is 2. The number of rotatable bonds is 8. The van der Waals surface area contributed by atoms with Gasteiger partial charge in [0.2, 0.25) is 10.0 Å². The van der Waals surface area contributed by atoms with Gasteiger partial charge in [0.25, 0.3) is 0 Å². The fourth-order valence-electron chi connectivity index (χ4n) is 5.47. The zero-order valence-corrected chi connectivity index (χ0v) is 25.3. The Bertz CT molecular complexity index is 2050. The van der Waals surface area contributed by atoms with Crippen molar-refractivity contribution in [3.05, 3.63) is 58.7 Å². The summed E-state index contributed by atoms with van der Waals surface area (Å²) in [6.45, 7) is -0.117. The van der Waals surface area contributed by atoms with Crippen molar-refractivity contribution in [3.8, 4) is 34.4 Å². The molecule has 17 heteroatoms. The summed E-state index contributed by atoms with van der Waals surface area (Å²) >= 11 is 0. The van der Waals surface area contributed by atoms with Gasteiger partial charge in [-0.05, 0) is 67.1 Å². The molecule has 6 rings (SSSR count). The molecule has 0 bridgehead atoms. The van der Waals surface area contributed by atoms with E-state index in [1.54, 1.807) is 0 Å². The normalized spacial score (nSPS) is 13.6. The number of halogens is 4. The van der Waals surface area contributed by atoms with Crippen molar-refractivity contribution in [2.75, 3.05) is 22.9 Å². The van der Waals surface area contributed by atoms with Gasteiger partial charge >= 0.3 is 6.18 Å². The van der Waals surface area contributed by atoms with Gasteiger partial charge in [0.15, 0.2) is 28.9 Å². The van der Waals surface area contributed by atoms with Crippen LogP contribution < -0.4 is 9.62 Å². The SMILES string of the molecule is CN(c1ccc(O)cc1CNc1nc(-c2cc(F)c(O)cc2CC(F)(F)F)nc2n[nH]c(-c3nc4c([nH]3)CCCC4)c12)S(C)(=O)=O. The number of phenolic OH excluding ortho intramolecular Hbond substituents is 2. The second-order valence-electron chi connectivity index (χ2n) is 11.1. The third-order valence-corrected chi connectivity index (χ3v) is 8.95. The van der Waals surface area contributed by atoms with Gasteiger partial charge in [0, 0.05) is 24.8 Å². The van der Waals surface area contributed by atoms with E-state index in [1.165, 1.54) is 25.2 Å². The van der Waals surface area contributed by atoms with Crippen LogP contribution in [0.25, 0.3) is 33.9 Å². The lowest BCUT2D eigenvalue weighted by molar-refractivity contribution is -0.127. The van der Waals surface area contributed by atoms with E-state index in [4.69, 9.17) is 4.98 Å². The van der Waals surface area contributed by atoms with Crippen LogP contribution in [-0.2, 0) is 35.8 Å². The summed E-state index contributed by atoms with van der Waals surface area (Å²) in [6, 6.07) is 5.52. The van der Waals surface area contributed by atoms with Crippen molar-refractivity contribution in [1.29, 1.82) is 0 Å². The van der Waals surface area contributed by atoms with Gasteiger partial charge in [-0.3, -0.25) is 9.40 Å². The summed E-state index contributed by atoms with van der Waals surface area (Å²) in [5.74, 6) is -2.08. The molecule has 0 aliphatic heterocycles. The Hall–Kier alpha value is -4.93. The fourth-order valence-corrected chi connectivity index (χ4v) is 6.01. The molecule has 3 aromatic heterocycles. The summed E-state index contributed by atoms with van der Waals surface area (Å²) in [5, 5.41) is 30.6. The van der Waals surface area contributed by atoms with Gasteiger partial charge in [0.1, 0.15) is 17.3 Å². The van der Waals surface area contributed by atoms with E-state index >= 15 is 0 Å². The molecule has 0 saturated heterocycles. The highest BCUT2D eigenvalue weighted by molar-refractivity contribution is 7.92. The van der Waals surface area contributed by atoms with Crippen molar-refractivity contribution in [2.24, 2.45) is 0 Å². The maximum atomic E-state index is 14.5. The predicted molar refractivity (Wildman–Crippen MR) is 161 cm³/mol. The molecule has 0 amide bonds. The Labute approximate surface area is 259 Å². The summed E-state index contributed by atoms with van der Waals surface area (Å²) < 4.78 is 80.7. The highest BCUT2D eigenvalue weighted by Gasteiger charge is 2.31. The molecule has 0 fully saturated rings. The number of nitrogens with one attached hydrogen (secondary N) is 3. The maximum absolute atomic E-state index is 14.5. The van der Waals surface area contributed by atoms with Crippen LogP contribution in [0.4, 0.5) is 29.1 Å². The molecule has 0 unspecified atom stereocenters. The summed E-state index contributed by atoms with van der Waals surface area (Å²) in [7, 11) is -2.34. The molecule has 46 heavy (non-hydrogen) atoms. The summed E-state index contributed by atoms with van der Waals surface area (Å²) in [4.78, 5) is 16.9. The van der Waals surface area contributed by atoms with E-state index in [0.29, 0.717) is 28.5 Å². The molecular weight excluding hydrogens is 632 g/mol. The second-order valence-corrected chi connectivity index (χ2v) is 13.1. The van der Waals surface area contributed by atoms with Gasteiger partial charge in [0.05, 0.1) is 29.4 Å². The minimum absolute atomic E-state index is 0.0210. The molecule has 0 spiro atoms. The van der Waals surface area contributed by atoms with E-state index in [9.17, 15) is 36.2 Å². The lowest BCUT2D eigenvalue weighted by Crippen LogP contribution is -2.26. The molecule has 0 radical (unpaired) electrons. The number of hydrogen-bond acceptors (Lipinski definition) is 9. The number of H-pyrrole nitrogens is 2. The molecule has 0 atom stereocenters. The first-order valence-corrected chi connectivity index (χ1v) is 15.9. The van der Waals surface area contributed by atoms with E-state index in [-0.39, 0.29) is 40.8 Å². The number of imidazole rings is 1. The monoisotopic (exact) mass is 660 g/mol. The minimum Gasteiger partial charge on any atom is -0.508 e. The lowest BCUT2D eigenvalue weighted by Gasteiger charge is -2.21. The Morgan fingerprint density at radius 3 is 2.52 bits per heavy atom. The number of hydrogen-bond donors (Lipinski definition) is 5. The number of aryl methyl sites for hydroxylation is 2. The summed E-state index contributed by atoms with van der Waals surface area (Å²) in [5.41, 5.74) is 2.09. The minimum atomic E-state index is -4.69. The average Bonchev–Trinajstić information content (AvgIpc) is 3.60. The Morgan fingerprint density at radius 2 is 1.80 bits per heavy atom. The van der Waals surface area contributed by atoms with Crippen LogP contribution >= 0.6 is 0 Å². The van der Waals surface area contributed by atoms with E-state index in [1.807, 2.05) is 0 Å². The topological polar surface area (TPSA) is 173 Å². The van der Waals surface area contributed by atoms with Crippen molar-refractivity contribution in [2.45, 2.75) is 44.8 Å². The quantitative estimate of drug-likeness (QED) is 0.144. The van der Waals surface area contributed by atoms with Crippen molar-refractivity contribution < 1.29 is 36.2 Å². The number of nitrogens with zero attached hydrogens (tertiary/aromatic N) is 5. The van der Waals surface area contributed by atoms with Gasteiger partial charge in [-0.1, -0.05) is 0 Å². The third-order valence-electron chi connectivity index (χ3n) is 7.76. The number of aromatic amines is 2. The third kappa shape index (κ3) is 6.14. The van der Waals surface area contributed by atoms with E-state index in [0.717, 1.165) is 53.7 Å². The number of aromatic hydroxyl groups is 2. The first-order valence-electron chi connectivity index (χ1n) is 14.1. The summed E-state index contributed by atoms with van der Waals surface area (Å²) in [6.07, 6.45) is -1.59. The molecule has 0 saturated carbocycles. The van der Waals surface area contributed by atoms with Crippen LogP contribution in [0.15, 0.2) is 30.3 Å². The number of sulfonamides is 1. The van der Waals surface area contributed by atoms with E-state index in [2.05, 4.69) is 30.5 Å². The van der Waals surface area contributed by atoms with Crippen LogP contribution in [0, 0.1) is 5.82 Å². The number of phenols is 2. The standard InChI is InChI=1S/C29H28F4N8O4S/c1-41(46(2,44)45)21-8-7-16(42)9-15(21)13-34-26-23-24(28-35-19-5-3-4-6-20(19)36-28)39-40-27(23)38-25(37-26)17-11-18(30)22(43)10-14(17)12-29(31,32)33/h7-11,42-43H,3-6,12-13H2,1-2H3,(H,35,36)(H2,34,37,38,39,40). The Kier molecular flexibility index (Phi) is 7.74. The zero-order valence-electron chi connectivity index (χ0n) is 24.5. The molecule has 2 aromatic carbocycles. The number of aromatic nitrogens is 6. The first kappa shape index (κ1) is 31.1. The Balaban J connectivity index is 1.51. The van der Waals surface area contributed by atoms with Crippen LogP contribution in [-0.4, -0.2) is 68.2 Å². The van der Waals surface area contributed by atoms with Gasteiger partial charge in [-0.2, -0.15) is 18.3 Å². The van der Waals surface area contributed by atoms with Gasteiger partial charge < -0.3 is 20.5 Å². The molecule has 242 valence electrons. The second kappa shape index (κ2) is 11.5. The predicted octanol–water partition coefficient (Wildman–Crippen LogP) is 4.95.